The summed E-state index contributed by atoms with van der Waals surface area (Å²) in [6.07, 6.45) is 3.12. The maximum Gasteiger partial charge on any atom is 0.236 e. The van der Waals surface area contributed by atoms with E-state index in [4.69, 9.17) is 4.74 Å². The summed E-state index contributed by atoms with van der Waals surface area (Å²) in [6, 6.07) is 6.03. The smallest absolute Gasteiger partial charge is 0.236 e. The van der Waals surface area contributed by atoms with Crippen molar-refractivity contribution in [1.29, 1.82) is 0 Å². The molecule has 1 aromatic carbocycles. The number of nitrogens with zero attached hydrogens (tertiary/aromatic N) is 2. The van der Waals surface area contributed by atoms with Crippen molar-refractivity contribution in [2.75, 3.05) is 0 Å². The lowest BCUT2D eigenvalue weighted by atomic mass is 10.1. The Balaban J connectivity index is 2.31. The molecule has 1 aromatic heterocycles. The van der Waals surface area contributed by atoms with E-state index >= 15 is 0 Å². The number of benzene rings is 1. The molecular formula is C12H11BrN2O. The third kappa shape index (κ3) is 2.39. The van der Waals surface area contributed by atoms with Crippen LogP contribution in [0.15, 0.2) is 35.2 Å². The standard InChI is InChI=1S/C12H11BrN2O/c1-8-3-4-11(9(2)5-8)16-12-10(13)6-14-7-15-12/h3-7H,1-2H3. The Hall–Kier alpha value is -1.42. The molecule has 0 saturated carbocycles. The molecule has 82 valence electrons. The van der Waals surface area contributed by atoms with Gasteiger partial charge >= 0.3 is 0 Å². The normalized spacial score (nSPS) is 10.2. The van der Waals surface area contributed by atoms with Crippen LogP contribution in [0.5, 0.6) is 11.6 Å². The Kier molecular flexibility index (Phi) is 3.19. The summed E-state index contributed by atoms with van der Waals surface area (Å²) in [4.78, 5) is 7.94. The number of rotatable bonds is 2. The third-order valence-corrected chi connectivity index (χ3v) is 2.71. The maximum absolute atomic E-state index is 5.70. The van der Waals surface area contributed by atoms with E-state index in [1.165, 1.54) is 11.9 Å². The number of hydrogen-bond acceptors (Lipinski definition) is 3. The average Bonchev–Trinajstić information content (AvgIpc) is 2.25. The Morgan fingerprint density at radius 1 is 1.25 bits per heavy atom. The lowest BCUT2D eigenvalue weighted by Gasteiger charge is -2.08. The molecule has 0 atom stereocenters. The minimum Gasteiger partial charge on any atom is -0.437 e. The first kappa shape index (κ1) is 11.1. The molecule has 1 heterocycles. The molecule has 2 rings (SSSR count). The minimum absolute atomic E-state index is 0.530. The van der Waals surface area contributed by atoms with Gasteiger partial charge in [-0.1, -0.05) is 17.7 Å². The molecular weight excluding hydrogens is 268 g/mol. The topological polar surface area (TPSA) is 35.0 Å². The van der Waals surface area contributed by atoms with E-state index in [-0.39, 0.29) is 0 Å². The van der Waals surface area contributed by atoms with E-state index in [2.05, 4.69) is 38.9 Å². The third-order valence-electron chi connectivity index (χ3n) is 2.17. The summed E-state index contributed by atoms with van der Waals surface area (Å²) in [5, 5.41) is 0. The van der Waals surface area contributed by atoms with Crippen molar-refractivity contribution >= 4 is 15.9 Å². The van der Waals surface area contributed by atoms with Gasteiger partial charge in [0.25, 0.3) is 0 Å². The second-order valence-electron chi connectivity index (χ2n) is 3.55. The monoisotopic (exact) mass is 278 g/mol. The molecule has 0 radical (unpaired) electrons. The van der Waals surface area contributed by atoms with Crippen LogP contribution in [0, 0.1) is 13.8 Å². The molecule has 2 aromatic rings. The summed E-state index contributed by atoms with van der Waals surface area (Å²) in [6.45, 7) is 4.06. The van der Waals surface area contributed by atoms with Crippen LogP contribution in [0.2, 0.25) is 0 Å². The van der Waals surface area contributed by atoms with Crippen molar-refractivity contribution < 1.29 is 4.74 Å². The van der Waals surface area contributed by atoms with Crippen LogP contribution in [-0.4, -0.2) is 9.97 Å². The summed E-state index contributed by atoms with van der Waals surface area (Å²) in [5.74, 6) is 1.34. The van der Waals surface area contributed by atoms with Crippen molar-refractivity contribution in [2.24, 2.45) is 0 Å². The van der Waals surface area contributed by atoms with Crippen LogP contribution in [0.25, 0.3) is 0 Å². The first-order valence-electron chi connectivity index (χ1n) is 4.87. The lowest BCUT2D eigenvalue weighted by Crippen LogP contribution is -1.92. The van der Waals surface area contributed by atoms with Crippen molar-refractivity contribution in [3.8, 4) is 11.6 Å². The minimum atomic E-state index is 0.530. The summed E-state index contributed by atoms with van der Waals surface area (Å²) >= 11 is 3.34. The van der Waals surface area contributed by atoms with Gasteiger partial charge in [0.15, 0.2) is 0 Å². The number of aromatic nitrogens is 2. The van der Waals surface area contributed by atoms with Gasteiger partial charge in [0.2, 0.25) is 5.88 Å². The molecule has 0 aliphatic carbocycles. The van der Waals surface area contributed by atoms with Crippen molar-refractivity contribution in [3.05, 3.63) is 46.3 Å². The highest BCUT2D eigenvalue weighted by Crippen LogP contribution is 2.28. The van der Waals surface area contributed by atoms with Gasteiger partial charge in [0, 0.05) is 6.20 Å². The molecule has 16 heavy (non-hydrogen) atoms. The van der Waals surface area contributed by atoms with Gasteiger partial charge < -0.3 is 4.74 Å². The summed E-state index contributed by atoms with van der Waals surface area (Å²) in [5.41, 5.74) is 2.30. The molecule has 0 bridgehead atoms. The zero-order chi connectivity index (χ0) is 11.5. The predicted molar refractivity (Wildman–Crippen MR) is 65.7 cm³/mol. The van der Waals surface area contributed by atoms with Crippen LogP contribution in [-0.2, 0) is 0 Å². The quantitative estimate of drug-likeness (QED) is 0.841. The molecule has 0 aliphatic rings. The van der Waals surface area contributed by atoms with Crippen LogP contribution in [0.4, 0.5) is 0 Å². The van der Waals surface area contributed by atoms with E-state index in [0.29, 0.717) is 5.88 Å². The van der Waals surface area contributed by atoms with E-state index in [1.54, 1.807) is 6.20 Å². The molecule has 4 heteroatoms. The van der Waals surface area contributed by atoms with E-state index in [1.807, 2.05) is 19.1 Å². The molecule has 0 unspecified atom stereocenters. The van der Waals surface area contributed by atoms with Gasteiger partial charge in [-0.3, -0.25) is 0 Å². The maximum atomic E-state index is 5.70. The molecule has 0 aliphatic heterocycles. The van der Waals surface area contributed by atoms with Gasteiger partial charge in [-0.15, -0.1) is 0 Å². The first-order chi connectivity index (χ1) is 7.66. The Labute approximate surface area is 103 Å². The van der Waals surface area contributed by atoms with Gasteiger partial charge in [-0.05, 0) is 41.4 Å². The first-order valence-corrected chi connectivity index (χ1v) is 5.67. The van der Waals surface area contributed by atoms with Crippen LogP contribution in [0.3, 0.4) is 0 Å². The van der Waals surface area contributed by atoms with Crippen LogP contribution >= 0.6 is 15.9 Å². The number of aryl methyl sites for hydroxylation is 2. The molecule has 0 amide bonds. The second kappa shape index (κ2) is 4.61. The van der Waals surface area contributed by atoms with Gasteiger partial charge in [0.05, 0.1) is 4.47 Å². The molecule has 0 saturated heterocycles. The van der Waals surface area contributed by atoms with E-state index < -0.39 is 0 Å². The van der Waals surface area contributed by atoms with Crippen LogP contribution in [0.1, 0.15) is 11.1 Å². The number of halogens is 1. The predicted octanol–water partition coefficient (Wildman–Crippen LogP) is 3.65. The highest BCUT2D eigenvalue weighted by atomic mass is 79.9. The SMILES string of the molecule is Cc1ccc(Oc2ncncc2Br)c(C)c1. The highest BCUT2D eigenvalue weighted by molar-refractivity contribution is 9.10. The number of ether oxygens (including phenoxy) is 1. The van der Waals surface area contributed by atoms with E-state index in [9.17, 15) is 0 Å². The fourth-order valence-electron chi connectivity index (χ4n) is 1.39. The highest BCUT2D eigenvalue weighted by Gasteiger charge is 2.06. The van der Waals surface area contributed by atoms with E-state index in [0.717, 1.165) is 15.8 Å². The van der Waals surface area contributed by atoms with Crippen molar-refractivity contribution in [2.45, 2.75) is 13.8 Å². The van der Waals surface area contributed by atoms with Crippen molar-refractivity contribution in [3.63, 3.8) is 0 Å². The van der Waals surface area contributed by atoms with Gasteiger partial charge in [-0.25, -0.2) is 9.97 Å². The largest absolute Gasteiger partial charge is 0.437 e. The fraction of sp³-hybridized carbons (Fsp3) is 0.167. The molecule has 0 fully saturated rings. The lowest BCUT2D eigenvalue weighted by molar-refractivity contribution is 0.454. The summed E-state index contributed by atoms with van der Waals surface area (Å²) in [7, 11) is 0. The zero-order valence-electron chi connectivity index (χ0n) is 9.07. The second-order valence-corrected chi connectivity index (χ2v) is 4.40. The van der Waals surface area contributed by atoms with Crippen LogP contribution < -0.4 is 4.74 Å². The molecule has 3 nitrogen and oxygen atoms in total. The van der Waals surface area contributed by atoms with Gasteiger partial charge in [-0.2, -0.15) is 0 Å². The zero-order valence-corrected chi connectivity index (χ0v) is 10.7. The average molecular weight is 279 g/mol. The summed E-state index contributed by atoms with van der Waals surface area (Å²) < 4.78 is 6.44. The molecule has 0 N–H and O–H groups in total. The molecule has 0 spiro atoms. The van der Waals surface area contributed by atoms with Gasteiger partial charge in [0.1, 0.15) is 12.1 Å². The van der Waals surface area contributed by atoms with Crippen molar-refractivity contribution in [1.82, 2.24) is 9.97 Å². The Morgan fingerprint density at radius 3 is 2.75 bits per heavy atom. The Bertz CT molecular complexity index is 514. The Morgan fingerprint density at radius 2 is 2.06 bits per heavy atom. The number of hydrogen-bond donors (Lipinski definition) is 0. The fourth-order valence-corrected chi connectivity index (χ4v) is 1.70.